The van der Waals surface area contributed by atoms with Gasteiger partial charge in [-0.3, -0.25) is 4.79 Å². The highest BCUT2D eigenvalue weighted by Crippen LogP contribution is 2.34. The van der Waals surface area contributed by atoms with Gasteiger partial charge in [0.1, 0.15) is 11.6 Å². The van der Waals surface area contributed by atoms with E-state index >= 15 is 0 Å². The predicted molar refractivity (Wildman–Crippen MR) is 106 cm³/mol. The standard InChI is InChI=1S/C22H15N5O2/c23-11-14-1-5-17(6-2-14)29-20-8-4-16(13-24-20)22-25-12-15-3-7-19(28)26-18-9-10-27(22)21(15)18/h1-8,12-13H,9-10H2,(H,26,28). The van der Waals surface area contributed by atoms with Crippen LogP contribution in [0.2, 0.25) is 0 Å². The number of pyridine rings is 1. The fourth-order valence-electron chi connectivity index (χ4n) is 3.54. The molecule has 1 N–H and O–H groups in total. The Morgan fingerprint density at radius 1 is 1.14 bits per heavy atom. The number of amides is 1. The first kappa shape index (κ1) is 17.0. The van der Waals surface area contributed by atoms with Crippen molar-refractivity contribution in [2.45, 2.75) is 6.42 Å². The van der Waals surface area contributed by atoms with Crippen LogP contribution in [0.5, 0.6) is 11.6 Å². The minimum atomic E-state index is -0.114. The molecule has 2 aromatic rings. The summed E-state index contributed by atoms with van der Waals surface area (Å²) in [6.45, 7) is 0.748. The Kier molecular flexibility index (Phi) is 3.96. The van der Waals surface area contributed by atoms with Gasteiger partial charge in [0.15, 0.2) is 0 Å². The van der Waals surface area contributed by atoms with Crippen LogP contribution in [0, 0.1) is 11.3 Å². The molecule has 0 spiro atoms. The van der Waals surface area contributed by atoms with Crippen LogP contribution in [0.3, 0.4) is 0 Å². The number of allylic oxidation sites excluding steroid dienone is 1. The van der Waals surface area contributed by atoms with E-state index in [0.29, 0.717) is 17.2 Å². The SMILES string of the molecule is N#Cc1ccc(Oc2ccc(C3=NC=C4C=CC(=O)NC5=C4N3CC5)cn2)cc1. The number of hydrogen-bond acceptors (Lipinski definition) is 6. The Hall–Kier alpha value is -4.18. The normalized spacial score (nSPS) is 17.1. The van der Waals surface area contributed by atoms with Crippen molar-refractivity contribution in [3.8, 4) is 17.7 Å². The smallest absolute Gasteiger partial charge is 0.248 e. The lowest BCUT2D eigenvalue weighted by Crippen LogP contribution is -2.31. The summed E-state index contributed by atoms with van der Waals surface area (Å²) in [6.07, 6.45) is 7.58. The van der Waals surface area contributed by atoms with Gasteiger partial charge in [-0.2, -0.15) is 5.26 Å². The monoisotopic (exact) mass is 381 g/mol. The topological polar surface area (TPSA) is 90.6 Å². The number of benzene rings is 1. The average molecular weight is 381 g/mol. The third kappa shape index (κ3) is 3.07. The molecule has 0 saturated carbocycles. The second-order valence-corrected chi connectivity index (χ2v) is 6.71. The van der Waals surface area contributed by atoms with Crippen LogP contribution >= 0.6 is 0 Å². The molecule has 0 bridgehead atoms. The van der Waals surface area contributed by atoms with Gasteiger partial charge in [0, 0.05) is 54.3 Å². The summed E-state index contributed by atoms with van der Waals surface area (Å²) in [5, 5.41) is 11.8. The lowest BCUT2D eigenvalue weighted by molar-refractivity contribution is -0.115. The quantitative estimate of drug-likeness (QED) is 0.883. The summed E-state index contributed by atoms with van der Waals surface area (Å²) in [5.74, 6) is 1.75. The minimum Gasteiger partial charge on any atom is -0.439 e. The largest absolute Gasteiger partial charge is 0.439 e. The second kappa shape index (κ2) is 6.77. The first-order valence-electron chi connectivity index (χ1n) is 9.14. The van der Waals surface area contributed by atoms with E-state index in [2.05, 4.69) is 26.3 Å². The third-order valence-electron chi connectivity index (χ3n) is 4.88. The van der Waals surface area contributed by atoms with Gasteiger partial charge < -0.3 is 15.0 Å². The van der Waals surface area contributed by atoms with Crippen LogP contribution in [-0.4, -0.2) is 28.2 Å². The van der Waals surface area contributed by atoms with Gasteiger partial charge >= 0.3 is 0 Å². The maximum atomic E-state index is 11.8. The summed E-state index contributed by atoms with van der Waals surface area (Å²) >= 11 is 0. The van der Waals surface area contributed by atoms with Crippen molar-refractivity contribution in [1.82, 2.24) is 15.2 Å². The molecule has 29 heavy (non-hydrogen) atoms. The first-order valence-corrected chi connectivity index (χ1v) is 9.14. The van der Waals surface area contributed by atoms with E-state index in [9.17, 15) is 4.79 Å². The maximum Gasteiger partial charge on any atom is 0.248 e. The highest BCUT2D eigenvalue weighted by Gasteiger charge is 2.32. The lowest BCUT2D eigenvalue weighted by Gasteiger charge is -2.27. The molecule has 0 fully saturated rings. The number of carbonyl (C=O) groups is 1. The van der Waals surface area contributed by atoms with Crippen LogP contribution in [0.15, 0.2) is 82.9 Å². The van der Waals surface area contributed by atoms with Gasteiger partial charge in [0.05, 0.1) is 17.3 Å². The van der Waals surface area contributed by atoms with Crippen LogP contribution in [0.4, 0.5) is 0 Å². The van der Waals surface area contributed by atoms with E-state index in [0.717, 1.165) is 41.3 Å². The number of carbonyl (C=O) groups excluding carboxylic acids is 1. The molecule has 7 nitrogen and oxygen atoms in total. The van der Waals surface area contributed by atoms with E-state index in [1.165, 1.54) is 6.08 Å². The molecule has 140 valence electrons. The lowest BCUT2D eigenvalue weighted by atomic mass is 10.1. The number of aromatic nitrogens is 1. The Balaban J connectivity index is 1.40. The van der Waals surface area contributed by atoms with Crippen molar-refractivity contribution in [1.29, 1.82) is 5.26 Å². The van der Waals surface area contributed by atoms with Crippen LogP contribution in [0.1, 0.15) is 17.5 Å². The third-order valence-corrected chi connectivity index (χ3v) is 4.88. The first-order chi connectivity index (χ1) is 14.2. The number of hydrogen-bond donors (Lipinski definition) is 1. The number of nitriles is 1. The zero-order chi connectivity index (χ0) is 19.8. The summed E-state index contributed by atoms with van der Waals surface area (Å²) in [5.41, 5.74) is 4.28. The second-order valence-electron chi connectivity index (χ2n) is 6.71. The summed E-state index contributed by atoms with van der Waals surface area (Å²) in [4.78, 5) is 22.9. The van der Waals surface area contributed by atoms with Crippen molar-refractivity contribution in [2.75, 3.05) is 6.54 Å². The van der Waals surface area contributed by atoms with Gasteiger partial charge in [-0.25, -0.2) is 9.98 Å². The molecular weight excluding hydrogens is 366 g/mol. The molecule has 0 unspecified atom stereocenters. The molecule has 3 aliphatic heterocycles. The Morgan fingerprint density at radius 2 is 2.00 bits per heavy atom. The van der Waals surface area contributed by atoms with E-state index in [1.54, 1.807) is 48.8 Å². The zero-order valence-corrected chi connectivity index (χ0v) is 15.3. The van der Waals surface area contributed by atoms with Gasteiger partial charge in [0.2, 0.25) is 11.8 Å². The number of ether oxygens (including phenoxy) is 1. The zero-order valence-electron chi connectivity index (χ0n) is 15.3. The van der Waals surface area contributed by atoms with Crippen molar-refractivity contribution < 1.29 is 9.53 Å². The van der Waals surface area contributed by atoms with Crippen molar-refractivity contribution in [3.05, 3.63) is 89.0 Å². The summed E-state index contributed by atoms with van der Waals surface area (Å²) in [7, 11) is 0. The van der Waals surface area contributed by atoms with Gasteiger partial charge in [0.25, 0.3) is 0 Å². The Morgan fingerprint density at radius 3 is 2.76 bits per heavy atom. The molecule has 0 saturated heterocycles. The van der Waals surface area contributed by atoms with E-state index < -0.39 is 0 Å². The molecular formula is C22H15N5O2. The molecule has 0 atom stereocenters. The van der Waals surface area contributed by atoms with E-state index in [-0.39, 0.29) is 5.91 Å². The fourth-order valence-corrected chi connectivity index (χ4v) is 3.54. The molecule has 0 radical (unpaired) electrons. The predicted octanol–water partition coefficient (Wildman–Crippen LogP) is 2.99. The summed E-state index contributed by atoms with van der Waals surface area (Å²) in [6, 6.07) is 12.6. The fraction of sp³-hybridized carbons (Fsp3) is 0.0909. The molecule has 0 aliphatic carbocycles. The average Bonchev–Trinajstić information content (AvgIpc) is 3.09. The van der Waals surface area contributed by atoms with Gasteiger partial charge in [-0.05, 0) is 36.4 Å². The molecule has 7 heteroatoms. The molecule has 1 amide bonds. The van der Waals surface area contributed by atoms with Crippen molar-refractivity contribution in [3.63, 3.8) is 0 Å². The Bertz CT molecular complexity index is 1170. The molecule has 1 aromatic heterocycles. The maximum absolute atomic E-state index is 11.8. The molecule has 5 rings (SSSR count). The van der Waals surface area contributed by atoms with Crippen LogP contribution in [0.25, 0.3) is 0 Å². The van der Waals surface area contributed by atoms with Crippen molar-refractivity contribution in [2.24, 2.45) is 4.99 Å². The van der Waals surface area contributed by atoms with E-state index in [4.69, 9.17) is 10.00 Å². The van der Waals surface area contributed by atoms with Gasteiger partial charge in [-0.1, -0.05) is 0 Å². The van der Waals surface area contributed by atoms with Gasteiger partial charge in [-0.15, -0.1) is 0 Å². The number of nitrogens with zero attached hydrogens (tertiary/aromatic N) is 4. The molecule has 3 aliphatic rings. The Labute approximate surface area is 167 Å². The molecule has 4 heterocycles. The number of rotatable bonds is 3. The van der Waals surface area contributed by atoms with Crippen molar-refractivity contribution >= 4 is 11.7 Å². The number of amidine groups is 1. The van der Waals surface area contributed by atoms with Crippen LogP contribution < -0.4 is 10.1 Å². The summed E-state index contributed by atoms with van der Waals surface area (Å²) < 4.78 is 5.74. The molecule has 1 aromatic carbocycles. The van der Waals surface area contributed by atoms with Crippen LogP contribution in [-0.2, 0) is 4.79 Å². The minimum absolute atomic E-state index is 0.114. The highest BCUT2D eigenvalue weighted by atomic mass is 16.5. The number of aliphatic imine (C=N–C) groups is 1. The van der Waals surface area contributed by atoms with E-state index in [1.807, 2.05) is 6.07 Å². The number of nitrogens with one attached hydrogen (secondary N) is 1. The highest BCUT2D eigenvalue weighted by molar-refractivity contribution is 6.02.